The molecule has 1 unspecified atom stereocenters. The van der Waals surface area contributed by atoms with Gasteiger partial charge in [-0.2, -0.15) is 0 Å². The van der Waals surface area contributed by atoms with Crippen molar-refractivity contribution in [1.29, 1.82) is 0 Å². The molecule has 2 aromatic heterocycles. The standard InChI is InChI=1S/C11H10N2O2S/c1-15-11(14)9(10-13-5-6-16-10)8-3-2-4-12-7-8/h2-7,9H,1H3. The molecule has 0 N–H and O–H groups in total. The van der Waals surface area contributed by atoms with Crippen LogP contribution in [-0.2, 0) is 9.53 Å². The number of carbonyl (C=O) groups is 1. The first-order chi connectivity index (χ1) is 7.83. The maximum absolute atomic E-state index is 11.7. The molecule has 0 amide bonds. The number of pyridine rings is 1. The van der Waals surface area contributed by atoms with Gasteiger partial charge in [0.15, 0.2) is 0 Å². The summed E-state index contributed by atoms with van der Waals surface area (Å²) in [7, 11) is 1.37. The molecule has 0 saturated carbocycles. The van der Waals surface area contributed by atoms with E-state index >= 15 is 0 Å². The van der Waals surface area contributed by atoms with Gasteiger partial charge in [0.2, 0.25) is 0 Å². The first-order valence-electron chi connectivity index (χ1n) is 4.70. The van der Waals surface area contributed by atoms with Crippen LogP contribution in [0.15, 0.2) is 36.1 Å². The highest BCUT2D eigenvalue weighted by Crippen LogP contribution is 2.26. The fraction of sp³-hybridized carbons (Fsp3) is 0.182. The van der Waals surface area contributed by atoms with Gasteiger partial charge in [-0.05, 0) is 11.6 Å². The number of hydrogen-bond donors (Lipinski definition) is 0. The number of aromatic nitrogens is 2. The van der Waals surface area contributed by atoms with Crippen LogP contribution in [0, 0.1) is 0 Å². The van der Waals surface area contributed by atoms with Crippen molar-refractivity contribution in [1.82, 2.24) is 9.97 Å². The van der Waals surface area contributed by atoms with Gasteiger partial charge < -0.3 is 4.74 Å². The normalized spacial score (nSPS) is 12.1. The number of hydrogen-bond acceptors (Lipinski definition) is 5. The highest BCUT2D eigenvalue weighted by molar-refractivity contribution is 7.09. The van der Waals surface area contributed by atoms with Crippen LogP contribution in [-0.4, -0.2) is 23.0 Å². The zero-order valence-electron chi connectivity index (χ0n) is 8.66. The van der Waals surface area contributed by atoms with Gasteiger partial charge in [-0.1, -0.05) is 6.07 Å². The lowest BCUT2D eigenvalue weighted by Crippen LogP contribution is -2.15. The molecule has 2 heterocycles. The summed E-state index contributed by atoms with van der Waals surface area (Å²) in [6.45, 7) is 0. The smallest absolute Gasteiger partial charge is 0.320 e. The molecule has 1 atom stereocenters. The van der Waals surface area contributed by atoms with Gasteiger partial charge in [-0.3, -0.25) is 9.78 Å². The third kappa shape index (κ3) is 2.09. The molecule has 0 fully saturated rings. The Balaban J connectivity index is 2.40. The quantitative estimate of drug-likeness (QED) is 0.760. The number of ether oxygens (including phenoxy) is 1. The SMILES string of the molecule is COC(=O)C(c1cccnc1)c1nccs1. The zero-order chi connectivity index (χ0) is 11.4. The Morgan fingerprint density at radius 2 is 2.38 bits per heavy atom. The van der Waals surface area contributed by atoms with E-state index < -0.39 is 5.92 Å². The Labute approximate surface area is 96.9 Å². The van der Waals surface area contributed by atoms with Crippen molar-refractivity contribution in [3.8, 4) is 0 Å². The van der Waals surface area contributed by atoms with Crippen molar-refractivity contribution < 1.29 is 9.53 Å². The van der Waals surface area contributed by atoms with E-state index in [9.17, 15) is 4.79 Å². The minimum atomic E-state index is -0.473. The van der Waals surface area contributed by atoms with E-state index in [2.05, 4.69) is 9.97 Å². The van der Waals surface area contributed by atoms with Gasteiger partial charge in [0.05, 0.1) is 7.11 Å². The molecule has 82 valence electrons. The largest absolute Gasteiger partial charge is 0.468 e. The lowest BCUT2D eigenvalue weighted by molar-refractivity contribution is -0.141. The zero-order valence-corrected chi connectivity index (χ0v) is 9.48. The van der Waals surface area contributed by atoms with Crippen LogP contribution < -0.4 is 0 Å². The van der Waals surface area contributed by atoms with Gasteiger partial charge in [-0.25, -0.2) is 4.98 Å². The summed E-state index contributed by atoms with van der Waals surface area (Å²) in [6, 6.07) is 3.63. The van der Waals surface area contributed by atoms with E-state index in [4.69, 9.17) is 4.74 Å². The second kappa shape index (κ2) is 4.85. The summed E-state index contributed by atoms with van der Waals surface area (Å²) in [4.78, 5) is 19.9. The molecule has 2 rings (SSSR count). The summed E-state index contributed by atoms with van der Waals surface area (Å²) < 4.78 is 4.79. The van der Waals surface area contributed by atoms with E-state index in [1.807, 2.05) is 11.4 Å². The Morgan fingerprint density at radius 3 is 2.94 bits per heavy atom. The highest BCUT2D eigenvalue weighted by Gasteiger charge is 2.25. The average Bonchev–Trinajstić information content (AvgIpc) is 2.84. The van der Waals surface area contributed by atoms with E-state index in [1.165, 1.54) is 18.4 Å². The molecule has 0 aliphatic heterocycles. The second-order valence-corrected chi connectivity index (χ2v) is 4.04. The van der Waals surface area contributed by atoms with Gasteiger partial charge in [0, 0.05) is 24.0 Å². The summed E-state index contributed by atoms with van der Waals surface area (Å²) in [5.41, 5.74) is 0.796. The van der Waals surface area contributed by atoms with Gasteiger partial charge in [-0.15, -0.1) is 11.3 Å². The molecule has 0 aliphatic rings. The van der Waals surface area contributed by atoms with E-state index in [-0.39, 0.29) is 5.97 Å². The maximum atomic E-state index is 11.7. The Bertz CT molecular complexity index is 456. The molecule has 16 heavy (non-hydrogen) atoms. The van der Waals surface area contributed by atoms with Crippen molar-refractivity contribution in [3.63, 3.8) is 0 Å². The summed E-state index contributed by atoms with van der Waals surface area (Å²) in [6.07, 6.45) is 5.00. The Hall–Kier alpha value is -1.75. The van der Waals surface area contributed by atoms with Crippen molar-refractivity contribution in [3.05, 3.63) is 46.7 Å². The van der Waals surface area contributed by atoms with E-state index in [1.54, 1.807) is 24.7 Å². The van der Waals surface area contributed by atoms with E-state index in [0.29, 0.717) is 0 Å². The van der Waals surface area contributed by atoms with Gasteiger partial charge in [0.25, 0.3) is 0 Å². The number of thiazole rings is 1. The molecule has 0 radical (unpaired) electrons. The van der Waals surface area contributed by atoms with Gasteiger partial charge in [0.1, 0.15) is 10.9 Å². The molecule has 0 bridgehead atoms. The number of methoxy groups -OCH3 is 1. The number of nitrogens with zero attached hydrogens (tertiary/aromatic N) is 2. The van der Waals surface area contributed by atoms with Crippen LogP contribution in [0.5, 0.6) is 0 Å². The second-order valence-electron chi connectivity index (χ2n) is 3.11. The predicted molar refractivity (Wildman–Crippen MR) is 60.2 cm³/mol. The average molecular weight is 234 g/mol. The topological polar surface area (TPSA) is 52.1 Å². The number of esters is 1. The fourth-order valence-corrected chi connectivity index (χ4v) is 2.17. The lowest BCUT2D eigenvalue weighted by Gasteiger charge is -2.11. The molecule has 5 heteroatoms. The van der Waals surface area contributed by atoms with Gasteiger partial charge >= 0.3 is 5.97 Å². The lowest BCUT2D eigenvalue weighted by atomic mass is 10.0. The minimum absolute atomic E-state index is 0.317. The monoisotopic (exact) mass is 234 g/mol. The van der Waals surface area contributed by atoms with Crippen molar-refractivity contribution >= 4 is 17.3 Å². The maximum Gasteiger partial charge on any atom is 0.320 e. The Kier molecular flexibility index (Phi) is 3.26. The van der Waals surface area contributed by atoms with Crippen molar-refractivity contribution in [2.24, 2.45) is 0 Å². The highest BCUT2D eigenvalue weighted by atomic mass is 32.1. The molecule has 0 aliphatic carbocycles. The third-order valence-corrected chi connectivity index (χ3v) is 2.99. The van der Waals surface area contributed by atoms with Crippen LogP contribution >= 0.6 is 11.3 Å². The van der Waals surface area contributed by atoms with E-state index in [0.717, 1.165) is 10.6 Å². The minimum Gasteiger partial charge on any atom is -0.468 e. The Morgan fingerprint density at radius 1 is 1.50 bits per heavy atom. The van der Waals surface area contributed by atoms with Crippen LogP contribution in [0.4, 0.5) is 0 Å². The number of rotatable bonds is 3. The third-order valence-electron chi connectivity index (χ3n) is 2.15. The number of carbonyl (C=O) groups excluding carboxylic acids is 1. The summed E-state index contributed by atoms with van der Waals surface area (Å²) >= 11 is 1.43. The van der Waals surface area contributed by atoms with Crippen molar-refractivity contribution in [2.45, 2.75) is 5.92 Å². The van der Waals surface area contributed by atoms with Crippen molar-refractivity contribution in [2.75, 3.05) is 7.11 Å². The fourth-order valence-electron chi connectivity index (χ4n) is 1.42. The first kappa shape index (κ1) is 10.8. The summed E-state index contributed by atoms with van der Waals surface area (Å²) in [5.74, 6) is -0.790. The van der Waals surface area contributed by atoms with Crippen LogP contribution in [0.2, 0.25) is 0 Å². The van der Waals surface area contributed by atoms with Crippen LogP contribution in [0.1, 0.15) is 16.5 Å². The molecule has 0 spiro atoms. The first-order valence-corrected chi connectivity index (χ1v) is 5.58. The molecular weight excluding hydrogens is 224 g/mol. The molecule has 0 aromatic carbocycles. The molecule has 4 nitrogen and oxygen atoms in total. The molecule has 0 saturated heterocycles. The van der Waals surface area contributed by atoms with Crippen LogP contribution in [0.25, 0.3) is 0 Å². The molecular formula is C11H10N2O2S. The molecule has 2 aromatic rings. The van der Waals surface area contributed by atoms with Crippen LogP contribution in [0.3, 0.4) is 0 Å². The predicted octanol–water partition coefficient (Wildman–Crippen LogP) is 1.84. The summed E-state index contributed by atoms with van der Waals surface area (Å²) in [5, 5.41) is 2.56.